The van der Waals surface area contributed by atoms with Crippen LogP contribution in [-0.4, -0.2) is 49.4 Å². The SMILES string of the molecule is O=C(c1ccc(N2CCCCC2=O)cc1)N1CCN(c2cccc(Cl)c2)CC1. The molecular weight excluding hydrogens is 374 g/mol. The Morgan fingerprint density at radius 2 is 1.61 bits per heavy atom. The van der Waals surface area contributed by atoms with Crippen molar-refractivity contribution in [2.24, 2.45) is 0 Å². The monoisotopic (exact) mass is 397 g/mol. The molecule has 6 heteroatoms. The number of nitrogens with zero attached hydrogens (tertiary/aromatic N) is 3. The van der Waals surface area contributed by atoms with Gasteiger partial charge in [-0.25, -0.2) is 0 Å². The third-order valence-electron chi connectivity index (χ3n) is 5.49. The molecule has 2 aliphatic heterocycles. The number of piperazine rings is 1. The first-order valence-electron chi connectivity index (χ1n) is 9.82. The average Bonchev–Trinajstić information content (AvgIpc) is 2.74. The summed E-state index contributed by atoms with van der Waals surface area (Å²) in [6.07, 6.45) is 2.61. The topological polar surface area (TPSA) is 43.9 Å². The number of anilines is 2. The molecule has 0 unspecified atom stereocenters. The van der Waals surface area contributed by atoms with Crippen molar-refractivity contribution in [3.05, 3.63) is 59.1 Å². The molecule has 28 heavy (non-hydrogen) atoms. The normalized spacial score (nSPS) is 17.8. The molecule has 2 aromatic rings. The number of amides is 2. The van der Waals surface area contributed by atoms with E-state index in [1.807, 2.05) is 58.3 Å². The lowest BCUT2D eigenvalue weighted by atomic mass is 10.1. The first kappa shape index (κ1) is 18.8. The number of benzene rings is 2. The van der Waals surface area contributed by atoms with Crippen molar-refractivity contribution in [1.29, 1.82) is 0 Å². The van der Waals surface area contributed by atoms with Gasteiger partial charge in [0.15, 0.2) is 0 Å². The minimum atomic E-state index is 0.0438. The fourth-order valence-corrected chi connectivity index (χ4v) is 4.07. The Balaban J connectivity index is 1.38. The molecule has 0 radical (unpaired) electrons. The number of hydrogen-bond acceptors (Lipinski definition) is 3. The Labute approximate surface area is 170 Å². The van der Waals surface area contributed by atoms with Crippen LogP contribution in [0.2, 0.25) is 5.02 Å². The van der Waals surface area contributed by atoms with Gasteiger partial charge in [0.05, 0.1) is 0 Å². The molecule has 2 fully saturated rings. The summed E-state index contributed by atoms with van der Waals surface area (Å²) >= 11 is 6.09. The average molecular weight is 398 g/mol. The highest BCUT2D eigenvalue weighted by Crippen LogP contribution is 2.23. The second-order valence-electron chi connectivity index (χ2n) is 7.31. The van der Waals surface area contributed by atoms with E-state index < -0.39 is 0 Å². The van der Waals surface area contributed by atoms with Gasteiger partial charge in [-0.3, -0.25) is 9.59 Å². The Morgan fingerprint density at radius 3 is 2.29 bits per heavy atom. The molecule has 2 aromatic carbocycles. The maximum absolute atomic E-state index is 12.9. The molecule has 0 saturated carbocycles. The van der Waals surface area contributed by atoms with Gasteiger partial charge in [-0.15, -0.1) is 0 Å². The molecule has 5 nitrogen and oxygen atoms in total. The van der Waals surface area contributed by atoms with Gasteiger partial charge in [-0.05, 0) is 55.3 Å². The lowest BCUT2D eigenvalue weighted by Gasteiger charge is -2.36. The van der Waals surface area contributed by atoms with E-state index in [0.29, 0.717) is 25.1 Å². The Bertz CT molecular complexity index is 860. The van der Waals surface area contributed by atoms with Crippen LogP contribution < -0.4 is 9.80 Å². The van der Waals surface area contributed by atoms with Crippen LogP contribution >= 0.6 is 11.6 Å². The highest BCUT2D eigenvalue weighted by atomic mass is 35.5. The highest BCUT2D eigenvalue weighted by Gasteiger charge is 2.23. The van der Waals surface area contributed by atoms with Crippen LogP contribution in [0.4, 0.5) is 11.4 Å². The van der Waals surface area contributed by atoms with Gasteiger partial charge >= 0.3 is 0 Å². The van der Waals surface area contributed by atoms with Crippen molar-refractivity contribution in [3.63, 3.8) is 0 Å². The summed E-state index contributed by atoms with van der Waals surface area (Å²) in [7, 11) is 0. The number of carbonyl (C=O) groups excluding carboxylic acids is 2. The van der Waals surface area contributed by atoms with E-state index in [4.69, 9.17) is 11.6 Å². The number of carbonyl (C=O) groups is 2. The van der Waals surface area contributed by atoms with Crippen molar-refractivity contribution in [2.45, 2.75) is 19.3 Å². The Kier molecular flexibility index (Phi) is 5.53. The number of halogens is 1. The zero-order chi connectivity index (χ0) is 19.5. The van der Waals surface area contributed by atoms with E-state index >= 15 is 0 Å². The minimum Gasteiger partial charge on any atom is -0.368 e. The number of piperidine rings is 1. The van der Waals surface area contributed by atoms with Crippen LogP contribution in [0.1, 0.15) is 29.6 Å². The quantitative estimate of drug-likeness (QED) is 0.790. The fraction of sp³-hybridized carbons (Fsp3) is 0.364. The van der Waals surface area contributed by atoms with E-state index in [1.165, 1.54) is 0 Å². The van der Waals surface area contributed by atoms with E-state index in [1.54, 1.807) is 0 Å². The van der Waals surface area contributed by atoms with Crippen LogP contribution in [0.25, 0.3) is 0 Å². The predicted octanol–water partition coefficient (Wildman–Crippen LogP) is 3.82. The Morgan fingerprint density at radius 1 is 0.857 bits per heavy atom. The van der Waals surface area contributed by atoms with Crippen LogP contribution in [0.5, 0.6) is 0 Å². The highest BCUT2D eigenvalue weighted by molar-refractivity contribution is 6.30. The molecule has 4 rings (SSSR count). The molecule has 2 amide bonds. The molecule has 2 heterocycles. The largest absolute Gasteiger partial charge is 0.368 e. The standard InChI is InChI=1S/C22H24ClN3O2/c23-18-4-3-5-20(16-18)24-12-14-25(15-13-24)22(28)17-7-9-19(10-8-17)26-11-2-1-6-21(26)27/h3-5,7-10,16H,1-2,6,11-15H2. The van der Waals surface area contributed by atoms with Crippen molar-refractivity contribution < 1.29 is 9.59 Å². The van der Waals surface area contributed by atoms with Crippen molar-refractivity contribution in [2.75, 3.05) is 42.5 Å². The second-order valence-corrected chi connectivity index (χ2v) is 7.74. The van der Waals surface area contributed by atoms with Gasteiger partial charge in [0.25, 0.3) is 5.91 Å². The second kappa shape index (κ2) is 8.23. The molecule has 0 aromatic heterocycles. The third kappa shape index (κ3) is 3.99. The van der Waals surface area contributed by atoms with Gasteiger partial charge in [0.1, 0.15) is 0 Å². The molecule has 0 bridgehead atoms. The molecule has 146 valence electrons. The predicted molar refractivity (Wildman–Crippen MR) is 112 cm³/mol. The van der Waals surface area contributed by atoms with Crippen molar-refractivity contribution in [3.8, 4) is 0 Å². The smallest absolute Gasteiger partial charge is 0.253 e. The maximum atomic E-state index is 12.9. The molecular formula is C22H24ClN3O2. The zero-order valence-corrected chi connectivity index (χ0v) is 16.6. The molecule has 0 N–H and O–H groups in total. The van der Waals surface area contributed by atoms with Gasteiger partial charge in [0.2, 0.25) is 5.91 Å². The molecule has 0 aliphatic carbocycles. The Hall–Kier alpha value is -2.53. The van der Waals surface area contributed by atoms with Crippen molar-refractivity contribution in [1.82, 2.24) is 4.90 Å². The number of rotatable bonds is 3. The molecule has 2 saturated heterocycles. The lowest BCUT2D eigenvalue weighted by molar-refractivity contribution is -0.119. The third-order valence-corrected chi connectivity index (χ3v) is 5.72. The molecule has 0 spiro atoms. The molecule has 2 aliphatic rings. The van der Waals surface area contributed by atoms with Crippen LogP contribution in [0.3, 0.4) is 0 Å². The van der Waals surface area contributed by atoms with Gasteiger partial charge in [0, 0.05) is 61.1 Å². The van der Waals surface area contributed by atoms with Gasteiger partial charge < -0.3 is 14.7 Å². The van der Waals surface area contributed by atoms with Gasteiger partial charge in [-0.1, -0.05) is 17.7 Å². The minimum absolute atomic E-state index is 0.0438. The summed E-state index contributed by atoms with van der Waals surface area (Å²) in [5, 5.41) is 0.725. The van der Waals surface area contributed by atoms with E-state index in [9.17, 15) is 9.59 Å². The summed E-state index contributed by atoms with van der Waals surface area (Å²) < 4.78 is 0. The van der Waals surface area contributed by atoms with Crippen LogP contribution in [-0.2, 0) is 4.79 Å². The zero-order valence-electron chi connectivity index (χ0n) is 15.8. The number of hydrogen-bond donors (Lipinski definition) is 0. The van der Waals surface area contributed by atoms with Crippen molar-refractivity contribution >= 4 is 34.8 Å². The summed E-state index contributed by atoms with van der Waals surface area (Å²) in [6.45, 7) is 3.69. The first-order chi connectivity index (χ1) is 13.6. The molecule has 0 atom stereocenters. The van der Waals surface area contributed by atoms with Gasteiger partial charge in [-0.2, -0.15) is 0 Å². The van der Waals surface area contributed by atoms with E-state index in [0.717, 1.165) is 48.9 Å². The van der Waals surface area contributed by atoms with E-state index in [2.05, 4.69) is 4.90 Å². The lowest BCUT2D eigenvalue weighted by Crippen LogP contribution is -2.48. The maximum Gasteiger partial charge on any atom is 0.253 e. The summed E-state index contributed by atoms with van der Waals surface area (Å²) in [5.41, 5.74) is 2.64. The first-order valence-corrected chi connectivity index (χ1v) is 10.2. The van der Waals surface area contributed by atoms with Crippen LogP contribution in [0, 0.1) is 0 Å². The summed E-state index contributed by atoms with van der Waals surface area (Å²) in [4.78, 5) is 30.9. The summed E-state index contributed by atoms with van der Waals surface area (Å²) in [5.74, 6) is 0.213. The summed E-state index contributed by atoms with van der Waals surface area (Å²) in [6, 6.07) is 15.3. The van der Waals surface area contributed by atoms with E-state index in [-0.39, 0.29) is 11.8 Å². The fourth-order valence-electron chi connectivity index (χ4n) is 3.89. The van der Waals surface area contributed by atoms with Crippen LogP contribution in [0.15, 0.2) is 48.5 Å².